The highest BCUT2D eigenvalue weighted by molar-refractivity contribution is 6.23. The van der Waals surface area contributed by atoms with Crippen molar-refractivity contribution in [2.24, 2.45) is 0 Å². The molecule has 4 aromatic rings. The second-order valence-corrected chi connectivity index (χ2v) is 7.63. The Balaban J connectivity index is 1.32. The normalized spacial score (nSPS) is 13.7. The van der Waals surface area contributed by atoms with Gasteiger partial charge >= 0.3 is 0 Å². The molecule has 1 aliphatic rings. The number of ketones is 1. The molecule has 0 radical (unpaired) electrons. The molecule has 158 valence electrons. The molecule has 6 nitrogen and oxygen atoms in total. The topological polar surface area (TPSA) is 79.8 Å². The maximum atomic E-state index is 13.4. The number of para-hydroxylation sites is 1. The molecule has 7 heteroatoms. The van der Waals surface area contributed by atoms with Gasteiger partial charge in [-0.25, -0.2) is 4.39 Å². The molecule has 2 heterocycles. The molecule has 0 saturated carbocycles. The van der Waals surface area contributed by atoms with Crippen LogP contribution in [0.25, 0.3) is 16.5 Å². The van der Waals surface area contributed by atoms with Crippen LogP contribution in [0.4, 0.5) is 4.39 Å². The predicted molar refractivity (Wildman–Crippen MR) is 119 cm³/mol. The van der Waals surface area contributed by atoms with Gasteiger partial charge in [0, 0.05) is 34.8 Å². The fraction of sp³-hybridized carbons (Fsp3) is 0.0800. The Morgan fingerprint density at radius 1 is 1.16 bits per heavy atom. The number of hydrogen-bond acceptors (Lipinski definition) is 3. The van der Waals surface area contributed by atoms with Gasteiger partial charge in [0.05, 0.1) is 24.0 Å². The number of allylic oxidation sites excluding steroid dienone is 3. The van der Waals surface area contributed by atoms with E-state index in [4.69, 9.17) is 0 Å². The van der Waals surface area contributed by atoms with Gasteiger partial charge in [0.2, 0.25) is 0 Å². The molecule has 0 bridgehead atoms. The van der Waals surface area contributed by atoms with Crippen molar-refractivity contribution in [3.8, 4) is 0 Å². The number of carbonyl (C=O) groups excluding carboxylic acids is 2. The SMILES string of the molecule is O=C1CC=C(NC(=O)c2cnn(Cc3cccc(F)c3)c2)C=C1c1cc2ccccc2[nH]1. The van der Waals surface area contributed by atoms with E-state index in [-0.39, 0.29) is 23.9 Å². The highest BCUT2D eigenvalue weighted by Crippen LogP contribution is 2.26. The van der Waals surface area contributed by atoms with Gasteiger partial charge in [0.25, 0.3) is 5.91 Å². The summed E-state index contributed by atoms with van der Waals surface area (Å²) in [7, 11) is 0. The second-order valence-electron chi connectivity index (χ2n) is 7.63. The predicted octanol–water partition coefficient (Wildman–Crippen LogP) is 4.22. The maximum absolute atomic E-state index is 13.4. The van der Waals surface area contributed by atoms with E-state index in [0.717, 1.165) is 22.2 Å². The summed E-state index contributed by atoms with van der Waals surface area (Å²) >= 11 is 0. The first-order chi connectivity index (χ1) is 15.5. The third-order valence-corrected chi connectivity index (χ3v) is 5.31. The van der Waals surface area contributed by atoms with Gasteiger partial charge in [-0.1, -0.05) is 36.4 Å². The summed E-state index contributed by atoms with van der Waals surface area (Å²) in [5.74, 6) is -0.662. The van der Waals surface area contributed by atoms with E-state index in [1.54, 1.807) is 35.2 Å². The Bertz CT molecular complexity index is 1380. The Labute approximate surface area is 183 Å². The molecular weight excluding hydrogens is 407 g/mol. The molecule has 0 atom stereocenters. The number of aromatic nitrogens is 3. The first-order valence-corrected chi connectivity index (χ1v) is 10.2. The number of nitrogens with one attached hydrogen (secondary N) is 2. The second kappa shape index (κ2) is 8.11. The van der Waals surface area contributed by atoms with Crippen molar-refractivity contribution in [1.29, 1.82) is 0 Å². The molecule has 1 aliphatic carbocycles. The van der Waals surface area contributed by atoms with Crippen LogP contribution in [0.5, 0.6) is 0 Å². The van der Waals surface area contributed by atoms with Crippen LogP contribution in [0, 0.1) is 5.82 Å². The number of amides is 1. The Hall–Kier alpha value is -4.26. The monoisotopic (exact) mass is 426 g/mol. The largest absolute Gasteiger partial charge is 0.354 e. The Morgan fingerprint density at radius 3 is 2.88 bits per heavy atom. The molecule has 2 aromatic carbocycles. The molecule has 0 aliphatic heterocycles. The third kappa shape index (κ3) is 4.00. The fourth-order valence-corrected chi connectivity index (χ4v) is 3.73. The summed E-state index contributed by atoms with van der Waals surface area (Å²) in [5.41, 5.74) is 3.88. The molecular formula is C25H19FN4O2. The van der Waals surface area contributed by atoms with E-state index >= 15 is 0 Å². The van der Waals surface area contributed by atoms with Gasteiger partial charge in [-0.3, -0.25) is 14.3 Å². The van der Waals surface area contributed by atoms with Crippen LogP contribution in [0.3, 0.4) is 0 Å². The van der Waals surface area contributed by atoms with Gasteiger partial charge in [-0.05, 0) is 35.9 Å². The number of hydrogen-bond donors (Lipinski definition) is 2. The highest BCUT2D eigenvalue weighted by atomic mass is 19.1. The maximum Gasteiger partial charge on any atom is 0.258 e. The Morgan fingerprint density at radius 2 is 2.03 bits per heavy atom. The molecule has 0 saturated heterocycles. The van der Waals surface area contributed by atoms with Gasteiger partial charge in [0.15, 0.2) is 5.78 Å². The molecule has 0 spiro atoms. The zero-order valence-electron chi connectivity index (χ0n) is 17.0. The van der Waals surface area contributed by atoms with Crippen LogP contribution in [-0.4, -0.2) is 26.5 Å². The summed E-state index contributed by atoms with van der Waals surface area (Å²) in [6, 6.07) is 16.0. The molecule has 2 aromatic heterocycles. The first kappa shape index (κ1) is 19.7. The lowest BCUT2D eigenvalue weighted by atomic mass is 9.98. The van der Waals surface area contributed by atoms with Gasteiger partial charge in [0.1, 0.15) is 5.82 Å². The minimum absolute atomic E-state index is 0.0162. The number of rotatable bonds is 5. The Kier molecular flexibility index (Phi) is 4.99. The number of nitrogens with zero attached hydrogens (tertiary/aromatic N) is 2. The van der Waals surface area contributed by atoms with Crippen LogP contribution in [0.1, 0.15) is 28.0 Å². The number of Topliss-reactive ketones (excluding diaryl/α,β-unsaturated/α-hetero) is 1. The summed E-state index contributed by atoms with van der Waals surface area (Å²) in [6.45, 7) is 0.354. The van der Waals surface area contributed by atoms with E-state index in [1.807, 2.05) is 30.3 Å². The summed E-state index contributed by atoms with van der Waals surface area (Å²) < 4.78 is 15.0. The van der Waals surface area contributed by atoms with Crippen molar-refractivity contribution in [2.45, 2.75) is 13.0 Å². The van der Waals surface area contributed by atoms with Crippen molar-refractivity contribution in [2.75, 3.05) is 0 Å². The van der Waals surface area contributed by atoms with Gasteiger partial charge in [-0.15, -0.1) is 0 Å². The van der Waals surface area contributed by atoms with Crippen LogP contribution in [0.2, 0.25) is 0 Å². The minimum atomic E-state index is -0.330. The zero-order chi connectivity index (χ0) is 22.1. The number of benzene rings is 2. The lowest BCUT2D eigenvalue weighted by Crippen LogP contribution is -2.23. The molecule has 0 fully saturated rings. The third-order valence-electron chi connectivity index (χ3n) is 5.31. The average Bonchev–Trinajstić information content (AvgIpc) is 3.42. The van der Waals surface area contributed by atoms with Crippen molar-refractivity contribution >= 4 is 28.2 Å². The zero-order valence-corrected chi connectivity index (χ0v) is 17.0. The van der Waals surface area contributed by atoms with E-state index in [2.05, 4.69) is 15.4 Å². The molecule has 2 N–H and O–H groups in total. The fourth-order valence-electron chi connectivity index (χ4n) is 3.73. The van der Waals surface area contributed by atoms with Crippen molar-refractivity contribution in [3.05, 3.63) is 107 Å². The number of carbonyl (C=O) groups is 2. The van der Waals surface area contributed by atoms with Crippen molar-refractivity contribution in [3.63, 3.8) is 0 Å². The quantitative estimate of drug-likeness (QED) is 0.501. The number of fused-ring (bicyclic) bond motifs is 1. The van der Waals surface area contributed by atoms with Crippen LogP contribution < -0.4 is 5.32 Å². The summed E-state index contributed by atoms with van der Waals surface area (Å²) in [6.07, 6.45) is 6.66. The lowest BCUT2D eigenvalue weighted by Gasteiger charge is -2.13. The lowest BCUT2D eigenvalue weighted by molar-refractivity contribution is -0.113. The standard InChI is InChI=1S/C25H19FN4O2/c26-19-6-3-4-16(10-19)14-30-15-18(13-27-30)25(32)28-20-8-9-24(31)21(12-20)23-11-17-5-1-2-7-22(17)29-23/h1-8,10-13,15,29H,9,14H2,(H,28,32). The molecule has 0 unspecified atom stereocenters. The van der Waals surface area contributed by atoms with Gasteiger partial charge < -0.3 is 10.3 Å². The number of halogens is 1. The number of aromatic amines is 1. The molecule has 1 amide bonds. The van der Waals surface area contributed by atoms with Crippen molar-refractivity contribution in [1.82, 2.24) is 20.1 Å². The van der Waals surface area contributed by atoms with Crippen LogP contribution in [-0.2, 0) is 11.3 Å². The van der Waals surface area contributed by atoms with Crippen LogP contribution >= 0.6 is 0 Å². The van der Waals surface area contributed by atoms with Gasteiger partial charge in [-0.2, -0.15) is 5.10 Å². The summed E-state index contributed by atoms with van der Waals surface area (Å²) in [5, 5.41) is 8.05. The number of H-pyrrole nitrogens is 1. The molecule has 5 rings (SSSR count). The molecule has 32 heavy (non-hydrogen) atoms. The first-order valence-electron chi connectivity index (χ1n) is 10.2. The van der Waals surface area contributed by atoms with E-state index in [9.17, 15) is 14.0 Å². The average molecular weight is 426 g/mol. The van der Waals surface area contributed by atoms with E-state index < -0.39 is 0 Å². The minimum Gasteiger partial charge on any atom is -0.354 e. The van der Waals surface area contributed by atoms with Crippen LogP contribution in [0.15, 0.2) is 84.8 Å². The van der Waals surface area contributed by atoms with E-state index in [0.29, 0.717) is 23.4 Å². The summed E-state index contributed by atoms with van der Waals surface area (Å²) in [4.78, 5) is 28.5. The highest BCUT2D eigenvalue weighted by Gasteiger charge is 2.19. The smallest absolute Gasteiger partial charge is 0.258 e. The van der Waals surface area contributed by atoms with Crippen molar-refractivity contribution < 1.29 is 14.0 Å². The van der Waals surface area contributed by atoms with E-state index in [1.165, 1.54) is 18.3 Å².